The van der Waals surface area contributed by atoms with Crippen molar-refractivity contribution in [1.29, 1.82) is 0 Å². The summed E-state index contributed by atoms with van der Waals surface area (Å²) in [4.78, 5) is 34.3. The molecule has 1 aliphatic rings. The van der Waals surface area contributed by atoms with Crippen molar-refractivity contribution in [3.63, 3.8) is 0 Å². The summed E-state index contributed by atoms with van der Waals surface area (Å²) in [7, 11) is 0. The van der Waals surface area contributed by atoms with Gasteiger partial charge in [-0.25, -0.2) is 19.5 Å². The van der Waals surface area contributed by atoms with E-state index in [1.165, 1.54) is 30.8 Å². The Morgan fingerprint density at radius 3 is 2.17 bits per heavy atom. The maximum Gasteiger partial charge on any atom is 0.417 e. The molecule has 202 valence electrons. The van der Waals surface area contributed by atoms with Crippen molar-refractivity contribution in [1.82, 2.24) is 15.1 Å². The highest BCUT2D eigenvalue weighted by atomic mass is 35.5. The molecule has 0 atom stereocenters. The van der Waals surface area contributed by atoms with Gasteiger partial charge in [0.05, 0.1) is 6.54 Å². The van der Waals surface area contributed by atoms with Crippen LogP contribution in [-0.4, -0.2) is 65.3 Å². The largest absolute Gasteiger partial charge is 0.444 e. The number of aliphatic imine (C=N–C) groups is 1. The molecule has 1 N–H and O–H groups in total. The van der Waals surface area contributed by atoms with Crippen LogP contribution in [0.25, 0.3) is 0 Å². The SMILES string of the molecule is CC(C)(C)OC(=O)NC(=NCc1ccc(Cl)cc1)N(CCCCCN1CCCC1)C(=O)OC(C)(C)C. The first-order chi connectivity index (χ1) is 16.8. The zero-order valence-electron chi connectivity index (χ0n) is 22.7. The van der Waals surface area contributed by atoms with Gasteiger partial charge in [-0.1, -0.05) is 30.2 Å². The maximum absolute atomic E-state index is 13.2. The number of alkyl carbamates (subject to hydrolysis) is 1. The van der Waals surface area contributed by atoms with E-state index < -0.39 is 23.4 Å². The van der Waals surface area contributed by atoms with Gasteiger partial charge in [0.15, 0.2) is 0 Å². The monoisotopic (exact) mass is 522 g/mol. The van der Waals surface area contributed by atoms with Gasteiger partial charge < -0.3 is 14.4 Å². The van der Waals surface area contributed by atoms with E-state index in [0.717, 1.165) is 31.4 Å². The van der Waals surface area contributed by atoms with E-state index in [1.54, 1.807) is 32.9 Å². The lowest BCUT2D eigenvalue weighted by molar-refractivity contribution is 0.0355. The van der Waals surface area contributed by atoms with E-state index in [4.69, 9.17) is 21.1 Å². The highest BCUT2D eigenvalue weighted by Gasteiger charge is 2.28. The van der Waals surface area contributed by atoms with E-state index in [1.807, 2.05) is 32.9 Å². The summed E-state index contributed by atoms with van der Waals surface area (Å²) >= 11 is 6.00. The van der Waals surface area contributed by atoms with Gasteiger partial charge in [-0.3, -0.25) is 5.32 Å². The third-order valence-corrected chi connectivity index (χ3v) is 5.61. The fourth-order valence-corrected chi connectivity index (χ4v) is 3.86. The summed E-state index contributed by atoms with van der Waals surface area (Å²) in [6, 6.07) is 7.26. The van der Waals surface area contributed by atoms with Crippen molar-refractivity contribution in [2.24, 2.45) is 4.99 Å². The molecule has 0 aliphatic carbocycles. The minimum atomic E-state index is -0.697. The Bertz CT molecular complexity index is 869. The van der Waals surface area contributed by atoms with E-state index in [0.29, 0.717) is 11.6 Å². The minimum absolute atomic E-state index is 0.105. The van der Waals surface area contributed by atoms with Crippen molar-refractivity contribution in [2.45, 2.75) is 91.4 Å². The van der Waals surface area contributed by atoms with Crippen LogP contribution in [0.3, 0.4) is 0 Å². The van der Waals surface area contributed by atoms with E-state index >= 15 is 0 Å². The topological polar surface area (TPSA) is 83.5 Å². The van der Waals surface area contributed by atoms with Crippen molar-refractivity contribution < 1.29 is 19.1 Å². The minimum Gasteiger partial charge on any atom is -0.444 e. The van der Waals surface area contributed by atoms with Crippen molar-refractivity contribution in [3.05, 3.63) is 34.9 Å². The quantitative estimate of drug-likeness (QED) is 0.249. The number of rotatable bonds is 8. The van der Waals surface area contributed by atoms with Gasteiger partial charge in [0.25, 0.3) is 0 Å². The van der Waals surface area contributed by atoms with Crippen molar-refractivity contribution in [2.75, 3.05) is 26.2 Å². The number of halogens is 1. The maximum atomic E-state index is 13.2. The molecule has 9 heteroatoms. The molecule has 0 spiro atoms. The highest BCUT2D eigenvalue weighted by Crippen LogP contribution is 2.15. The normalized spacial score (nSPS) is 15.0. The van der Waals surface area contributed by atoms with Crippen LogP contribution in [0.2, 0.25) is 5.02 Å². The second-order valence-electron chi connectivity index (χ2n) is 11.1. The smallest absolute Gasteiger partial charge is 0.417 e. The second-order valence-corrected chi connectivity index (χ2v) is 11.6. The Hall–Kier alpha value is -2.32. The van der Waals surface area contributed by atoms with Crippen LogP contribution >= 0.6 is 11.6 Å². The number of amides is 2. The number of hydrogen-bond acceptors (Lipinski definition) is 6. The van der Waals surface area contributed by atoms with Crippen LogP contribution in [0.4, 0.5) is 9.59 Å². The number of nitrogens with zero attached hydrogens (tertiary/aromatic N) is 3. The molecule has 1 heterocycles. The average Bonchev–Trinajstić information content (AvgIpc) is 3.26. The molecule has 1 aromatic carbocycles. The summed E-state index contributed by atoms with van der Waals surface area (Å²) < 4.78 is 11.1. The zero-order chi connectivity index (χ0) is 26.8. The number of carbonyl (C=O) groups excluding carboxylic acids is 2. The number of nitrogens with one attached hydrogen (secondary N) is 1. The molecule has 0 unspecified atom stereocenters. The van der Waals surface area contributed by atoms with Gasteiger partial charge in [-0.15, -0.1) is 0 Å². The zero-order valence-corrected chi connectivity index (χ0v) is 23.5. The van der Waals surface area contributed by atoms with Gasteiger partial charge in [0.1, 0.15) is 11.2 Å². The highest BCUT2D eigenvalue weighted by molar-refractivity contribution is 6.30. The average molecular weight is 523 g/mol. The fourth-order valence-electron chi connectivity index (χ4n) is 3.73. The van der Waals surface area contributed by atoms with E-state index in [-0.39, 0.29) is 12.5 Å². The molecule has 1 aromatic rings. The molecule has 2 amide bonds. The predicted octanol–water partition coefficient (Wildman–Crippen LogP) is 6.22. The Labute approximate surface area is 221 Å². The Morgan fingerprint density at radius 2 is 1.58 bits per heavy atom. The predicted molar refractivity (Wildman–Crippen MR) is 144 cm³/mol. The van der Waals surface area contributed by atoms with Crippen LogP contribution in [0.1, 0.15) is 79.2 Å². The number of likely N-dealkylation sites (tertiary alicyclic amines) is 1. The molecule has 1 saturated heterocycles. The number of hydrogen-bond donors (Lipinski definition) is 1. The first-order valence-electron chi connectivity index (χ1n) is 12.8. The van der Waals surface area contributed by atoms with Crippen LogP contribution < -0.4 is 5.32 Å². The van der Waals surface area contributed by atoms with Crippen molar-refractivity contribution >= 4 is 29.7 Å². The Morgan fingerprint density at radius 1 is 0.972 bits per heavy atom. The summed E-state index contributed by atoms with van der Waals surface area (Å²) in [5.74, 6) is 0.105. The van der Waals surface area contributed by atoms with Crippen LogP contribution in [0.15, 0.2) is 29.3 Å². The molecule has 0 saturated carbocycles. The Kier molecular flexibility index (Phi) is 11.5. The molecule has 0 aromatic heterocycles. The summed E-state index contributed by atoms with van der Waals surface area (Å²) in [6.45, 7) is 14.8. The molecule has 0 radical (unpaired) electrons. The lowest BCUT2D eigenvalue weighted by atomic mass is 10.2. The van der Waals surface area contributed by atoms with E-state index in [2.05, 4.69) is 15.2 Å². The number of guanidine groups is 1. The summed E-state index contributed by atoms with van der Waals surface area (Å²) in [5, 5.41) is 3.31. The standard InChI is InChI=1S/C27H43ClN4O4/c1-26(2,3)35-24(33)30-23(29-20-21-12-14-22(28)15-13-21)32(25(34)36-27(4,5)6)19-9-7-8-16-31-17-10-11-18-31/h12-15H,7-11,16-20H2,1-6H3,(H,29,30,33). The number of carbonyl (C=O) groups is 2. The molecule has 0 bridgehead atoms. The molecular weight excluding hydrogens is 480 g/mol. The number of unbranched alkanes of at least 4 members (excludes halogenated alkanes) is 2. The molecule has 1 fully saturated rings. The lowest BCUT2D eigenvalue weighted by Crippen LogP contribution is -2.50. The fraction of sp³-hybridized carbons (Fsp3) is 0.667. The van der Waals surface area contributed by atoms with Gasteiger partial charge in [0, 0.05) is 11.6 Å². The van der Waals surface area contributed by atoms with Gasteiger partial charge in [-0.05, 0) is 105 Å². The van der Waals surface area contributed by atoms with Crippen LogP contribution in [0.5, 0.6) is 0 Å². The Balaban J connectivity index is 2.18. The van der Waals surface area contributed by atoms with Crippen molar-refractivity contribution in [3.8, 4) is 0 Å². The second kappa shape index (κ2) is 13.8. The number of benzene rings is 1. The summed E-state index contributed by atoms with van der Waals surface area (Å²) in [5.41, 5.74) is -0.506. The third kappa shape index (κ3) is 12.1. The van der Waals surface area contributed by atoms with Gasteiger partial charge in [0.2, 0.25) is 5.96 Å². The molecule has 2 rings (SSSR count). The van der Waals surface area contributed by atoms with Gasteiger partial charge >= 0.3 is 12.2 Å². The first kappa shape index (κ1) is 29.9. The molecule has 8 nitrogen and oxygen atoms in total. The molecular formula is C27H43ClN4O4. The molecule has 1 aliphatic heterocycles. The van der Waals surface area contributed by atoms with Gasteiger partial charge in [-0.2, -0.15) is 0 Å². The van der Waals surface area contributed by atoms with Crippen LogP contribution in [-0.2, 0) is 16.0 Å². The number of ether oxygens (including phenoxy) is 2. The van der Waals surface area contributed by atoms with E-state index in [9.17, 15) is 9.59 Å². The first-order valence-corrected chi connectivity index (χ1v) is 13.2. The lowest BCUT2D eigenvalue weighted by Gasteiger charge is -2.29. The third-order valence-electron chi connectivity index (χ3n) is 5.36. The van der Waals surface area contributed by atoms with Crippen LogP contribution in [0, 0.1) is 0 Å². The summed E-state index contributed by atoms with van der Waals surface area (Å²) in [6.07, 6.45) is 4.06. The molecule has 36 heavy (non-hydrogen) atoms.